The van der Waals surface area contributed by atoms with Crippen molar-refractivity contribution in [2.75, 3.05) is 5.75 Å². The molecule has 2 aromatic rings. The zero-order valence-corrected chi connectivity index (χ0v) is 14.4. The standard InChI is InChI=1S/C16H22N4O2S/c1-4-5-11(2)17-15(21)10-23-16-18-14(19-20-16)9-8-13-7-6-12(3)22-13/h6-9,11H,4-5,10H2,1-3H3,(H,17,21)(H,18,19,20)/b9-8+. The van der Waals surface area contributed by atoms with E-state index in [4.69, 9.17) is 4.42 Å². The van der Waals surface area contributed by atoms with E-state index in [1.807, 2.05) is 32.1 Å². The lowest BCUT2D eigenvalue weighted by Crippen LogP contribution is -2.33. The largest absolute Gasteiger partial charge is 0.462 e. The molecule has 1 unspecified atom stereocenters. The van der Waals surface area contributed by atoms with Crippen molar-refractivity contribution in [3.05, 3.63) is 29.5 Å². The summed E-state index contributed by atoms with van der Waals surface area (Å²) in [5.74, 6) is 2.57. The van der Waals surface area contributed by atoms with E-state index < -0.39 is 0 Å². The Hall–Kier alpha value is -2.02. The third kappa shape index (κ3) is 5.94. The van der Waals surface area contributed by atoms with Crippen LogP contribution in [0.25, 0.3) is 12.2 Å². The number of furan rings is 1. The molecular weight excluding hydrogens is 312 g/mol. The SMILES string of the molecule is CCCC(C)NC(=O)CSc1n[nH]c(/C=C/c2ccc(C)o2)n1. The van der Waals surface area contributed by atoms with Crippen LogP contribution < -0.4 is 5.32 Å². The highest BCUT2D eigenvalue weighted by Gasteiger charge is 2.09. The summed E-state index contributed by atoms with van der Waals surface area (Å²) in [6, 6.07) is 3.99. The lowest BCUT2D eigenvalue weighted by atomic mass is 10.2. The van der Waals surface area contributed by atoms with E-state index in [-0.39, 0.29) is 11.9 Å². The van der Waals surface area contributed by atoms with Crippen LogP contribution in [-0.4, -0.2) is 32.9 Å². The number of aromatic nitrogens is 3. The monoisotopic (exact) mass is 334 g/mol. The molecule has 124 valence electrons. The van der Waals surface area contributed by atoms with E-state index in [0.29, 0.717) is 16.7 Å². The summed E-state index contributed by atoms with van der Waals surface area (Å²) in [5, 5.41) is 10.4. The summed E-state index contributed by atoms with van der Waals surface area (Å²) in [6.45, 7) is 6.01. The van der Waals surface area contributed by atoms with Crippen molar-refractivity contribution in [2.45, 2.75) is 44.8 Å². The molecule has 0 bridgehead atoms. The van der Waals surface area contributed by atoms with Gasteiger partial charge in [0.25, 0.3) is 0 Å². The lowest BCUT2D eigenvalue weighted by Gasteiger charge is -2.11. The second kappa shape index (κ2) is 8.57. The Kier molecular flexibility index (Phi) is 6.46. The highest BCUT2D eigenvalue weighted by molar-refractivity contribution is 7.99. The first kappa shape index (κ1) is 17.3. The molecule has 2 rings (SSSR count). The molecule has 7 heteroatoms. The molecule has 2 aromatic heterocycles. The summed E-state index contributed by atoms with van der Waals surface area (Å²) in [7, 11) is 0. The number of aryl methyl sites for hydroxylation is 1. The van der Waals surface area contributed by atoms with Crippen molar-refractivity contribution < 1.29 is 9.21 Å². The van der Waals surface area contributed by atoms with E-state index in [1.54, 1.807) is 6.08 Å². The molecular formula is C16H22N4O2S. The summed E-state index contributed by atoms with van der Waals surface area (Å²) in [5.41, 5.74) is 0. The number of rotatable bonds is 8. The summed E-state index contributed by atoms with van der Waals surface area (Å²) < 4.78 is 5.44. The van der Waals surface area contributed by atoms with Crippen LogP contribution in [0.5, 0.6) is 0 Å². The van der Waals surface area contributed by atoms with Crippen LogP contribution in [0.1, 0.15) is 44.0 Å². The van der Waals surface area contributed by atoms with Gasteiger partial charge in [-0.3, -0.25) is 9.89 Å². The van der Waals surface area contributed by atoms with Crippen molar-refractivity contribution in [2.24, 2.45) is 0 Å². The number of H-pyrrole nitrogens is 1. The Bertz CT molecular complexity index is 663. The van der Waals surface area contributed by atoms with Crippen LogP contribution in [0.2, 0.25) is 0 Å². The van der Waals surface area contributed by atoms with Crippen molar-refractivity contribution >= 4 is 29.8 Å². The van der Waals surface area contributed by atoms with Crippen molar-refractivity contribution in [3.63, 3.8) is 0 Å². The van der Waals surface area contributed by atoms with E-state index in [0.717, 1.165) is 24.4 Å². The van der Waals surface area contributed by atoms with Crippen LogP contribution in [0.3, 0.4) is 0 Å². The number of aromatic amines is 1. The normalized spacial score (nSPS) is 12.7. The molecule has 0 saturated heterocycles. The average molecular weight is 334 g/mol. The molecule has 6 nitrogen and oxygen atoms in total. The maximum atomic E-state index is 11.8. The second-order valence-electron chi connectivity index (χ2n) is 5.33. The van der Waals surface area contributed by atoms with Crippen molar-refractivity contribution in [1.82, 2.24) is 20.5 Å². The number of thioether (sulfide) groups is 1. The van der Waals surface area contributed by atoms with Crippen LogP contribution in [-0.2, 0) is 4.79 Å². The van der Waals surface area contributed by atoms with Crippen LogP contribution in [0.4, 0.5) is 0 Å². The van der Waals surface area contributed by atoms with Gasteiger partial charge in [0, 0.05) is 6.04 Å². The molecule has 0 aliphatic carbocycles. The highest BCUT2D eigenvalue weighted by Crippen LogP contribution is 2.14. The molecule has 2 N–H and O–H groups in total. The fraction of sp³-hybridized carbons (Fsp3) is 0.438. The molecule has 23 heavy (non-hydrogen) atoms. The quantitative estimate of drug-likeness (QED) is 0.724. The molecule has 0 aromatic carbocycles. The maximum Gasteiger partial charge on any atom is 0.230 e. The zero-order chi connectivity index (χ0) is 16.7. The molecule has 0 fully saturated rings. The van der Waals surface area contributed by atoms with Gasteiger partial charge in [-0.2, -0.15) is 0 Å². The third-order valence-electron chi connectivity index (χ3n) is 3.11. The number of nitrogens with one attached hydrogen (secondary N) is 2. The molecule has 0 spiro atoms. The zero-order valence-electron chi connectivity index (χ0n) is 13.6. The Morgan fingerprint density at radius 2 is 2.30 bits per heavy atom. The topological polar surface area (TPSA) is 83.8 Å². The fourth-order valence-electron chi connectivity index (χ4n) is 2.05. The van der Waals surface area contributed by atoms with Gasteiger partial charge >= 0.3 is 0 Å². The first-order valence-corrected chi connectivity index (χ1v) is 8.64. The fourth-order valence-corrected chi connectivity index (χ4v) is 2.67. The predicted molar refractivity (Wildman–Crippen MR) is 92.0 cm³/mol. The molecule has 0 aliphatic rings. The van der Waals surface area contributed by atoms with Gasteiger partial charge in [-0.15, -0.1) is 5.10 Å². The summed E-state index contributed by atoms with van der Waals surface area (Å²) in [4.78, 5) is 16.1. The number of hydrogen-bond acceptors (Lipinski definition) is 5. The number of carbonyl (C=O) groups excluding carboxylic acids is 1. The minimum absolute atomic E-state index is 0.00361. The molecule has 2 heterocycles. The minimum atomic E-state index is 0.00361. The first-order chi connectivity index (χ1) is 11.1. The van der Waals surface area contributed by atoms with E-state index in [2.05, 4.69) is 27.4 Å². The number of carbonyl (C=O) groups is 1. The Morgan fingerprint density at radius 1 is 1.48 bits per heavy atom. The number of nitrogens with zero attached hydrogens (tertiary/aromatic N) is 2. The predicted octanol–water partition coefficient (Wildman–Crippen LogP) is 3.27. The molecule has 1 amide bonds. The average Bonchev–Trinajstić information content (AvgIpc) is 3.12. The first-order valence-electron chi connectivity index (χ1n) is 7.66. The van der Waals surface area contributed by atoms with Gasteiger partial charge in [0.2, 0.25) is 11.1 Å². The molecule has 1 atom stereocenters. The van der Waals surface area contributed by atoms with Gasteiger partial charge in [-0.05, 0) is 44.6 Å². The summed E-state index contributed by atoms with van der Waals surface area (Å²) >= 11 is 1.31. The minimum Gasteiger partial charge on any atom is -0.462 e. The van der Waals surface area contributed by atoms with Crippen molar-refractivity contribution in [1.29, 1.82) is 0 Å². The Labute approximate surface area is 140 Å². The summed E-state index contributed by atoms with van der Waals surface area (Å²) in [6.07, 6.45) is 5.65. The van der Waals surface area contributed by atoms with Gasteiger partial charge in [-0.25, -0.2) is 4.98 Å². The van der Waals surface area contributed by atoms with Crippen LogP contribution in [0, 0.1) is 6.92 Å². The number of amides is 1. The molecule has 0 aliphatic heterocycles. The van der Waals surface area contributed by atoms with Crippen molar-refractivity contribution in [3.8, 4) is 0 Å². The Balaban J connectivity index is 1.80. The second-order valence-corrected chi connectivity index (χ2v) is 6.27. The van der Waals surface area contributed by atoms with Gasteiger partial charge in [0.05, 0.1) is 5.75 Å². The maximum absolute atomic E-state index is 11.8. The lowest BCUT2D eigenvalue weighted by molar-refractivity contribution is -0.119. The third-order valence-corrected chi connectivity index (χ3v) is 3.96. The molecule has 0 saturated carbocycles. The molecule has 0 radical (unpaired) electrons. The van der Waals surface area contributed by atoms with Gasteiger partial charge in [-0.1, -0.05) is 25.1 Å². The van der Waals surface area contributed by atoms with E-state index in [1.165, 1.54) is 11.8 Å². The van der Waals surface area contributed by atoms with Gasteiger partial charge < -0.3 is 9.73 Å². The smallest absolute Gasteiger partial charge is 0.230 e. The van der Waals surface area contributed by atoms with Crippen LogP contribution >= 0.6 is 11.8 Å². The van der Waals surface area contributed by atoms with E-state index in [9.17, 15) is 4.79 Å². The van der Waals surface area contributed by atoms with Gasteiger partial charge in [0.1, 0.15) is 17.3 Å². The van der Waals surface area contributed by atoms with Gasteiger partial charge in [0.15, 0.2) is 0 Å². The van der Waals surface area contributed by atoms with E-state index >= 15 is 0 Å². The highest BCUT2D eigenvalue weighted by atomic mass is 32.2. The number of hydrogen-bond donors (Lipinski definition) is 2. The van der Waals surface area contributed by atoms with Crippen LogP contribution in [0.15, 0.2) is 21.7 Å². The Morgan fingerprint density at radius 3 is 3.00 bits per heavy atom.